The number of urea groups is 1. The average Bonchev–Trinajstić information content (AvgIpc) is 3.36. The van der Waals surface area contributed by atoms with E-state index in [2.05, 4.69) is 15.3 Å². The van der Waals surface area contributed by atoms with Crippen LogP contribution in [0.15, 0.2) is 53.6 Å². The molecular weight excluding hydrogens is 480 g/mol. The number of nitrogens with one attached hydrogen (secondary N) is 1. The number of hydrogen-bond acceptors (Lipinski definition) is 5. The van der Waals surface area contributed by atoms with E-state index in [-0.39, 0.29) is 19.0 Å². The maximum Gasteiger partial charge on any atom is 0.317 e. The van der Waals surface area contributed by atoms with Gasteiger partial charge in [-0.25, -0.2) is 18.6 Å². The number of amides is 3. The summed E-state index contributed by atoms with van der Waals surface area (Å²) in [4.78, 5) is 30.2. The van der Waals surface area contributed by atoms with Gasteiger partial charge in [0.1, 0.15) is 18.2 Å². The molecule has 2 aliphatic rings. The van der Waals surface area contributed by atoms with Gasteiger partial charge in [0.15, 0.2) is 0 Å². The first-order valence-corrected chi connectivity index (χ1v) is 12.7. The van der Waals surface area contributed by atoms with Gasteiger partial charge in [0.25, 0.3) is 5.91 Å². The van der Waals surface area contributed by atoms with Crippen molar-refractivity contribution in [1.82, 2.24) is 20.1 Å². The van der Waals surface area contributed by atoms with Gasteiger partial charge in [-0.1, -0.05) is 37.3 Å². The van der Waals surface area contributed by atoms with Gasteiger partial charge < -0.3 is 15.0 Å². The van der Waals surface area contributed by atoms with E-state index in [0.717, 1.165) is 19.5 Å². The van der Waals surface area contributed by atoms with E-state index in [0.29, 0.717) is 49.7 Å². The van der Waals surface area contributed by atoms with Crippen molar-refractivity contribution in [3.05, 3.63) is 71.3 Å². The Labute approximate surface area is 215 Å². The monoisotopic (exact) mass is 513 g/mol. The molecule has 0 spiro atoms. The summed E-state index contributed by atoms with van der Waals surface area (Å²) in [6.07, 6.45) is 1.04. The summed E-state index contributed by atoms with van der Waals surface area (Å²) < 4.78 is 33.6. The van der Waals surface area contributed by atoms with Gasteiger partial charge in [-0.05, 0) is 30.2 Å². The first kappa shape index (κ1) is 26.7. The molecule has 198 valence electrons. The zero-order valence-corrected chi connectivity index (χ0v) is 21.0. The predicted molar refractivity (Wildman–Crippen MR) is 136 cm³/mol. The fourth-order valence-electron chi connectivity index (χ4n) is 4.46. The van der Waals surface area contributed by atoms with E-state index in [1.165, 1.54) is 28.1 Å². The lowest BCUT2D eigenvalue weighted by Crippen LogP contribution is -2.49. The van der Waals surface area contributed by atoms with Crippen LogP contribution in [0.3, 0.4) is 0 Å². The smallest absolute Gasteiger partial charge is 0.317 e. The molecule has 1 N–H and O–H groups in total. The summed E-state index contributed by atoms with van der Waals surface area (Å²) in [5, 5.41) is 8.67. The van der Waals surface area contributed by atoms with Crippen LogP contribution in [0, 0.1) is 11.6 Å². The Hall–Kier alpha value is -3.37. The molecule has 4 rings (SSSR count). The molecule has 3 amide bonds. The molecular formula is C27H33F2N5O3. The Morgan fingerprint density at radius 3 is 2.54 bits per heavy atom. The van der Waals surface area contributed by atoms with Crippen LogP contribution in [0.2, 0.25) is 0 Å². The summed E-state index contributed by atoms with van der Waals surface area (Å²) in [5.74, 6) is -1.22. The van der Waals surface area contributed by atoms with Gasteiger partial charge in [0.2, 0.25) is 0 Å². The van der Waals surface area contributed by atoms with E-state index < -0.39 is 23.6 Å². The number of rotatable bonds is 9. The second-order valence-electron chi connectivity index (χ2n) is 9.14. The Bertz CT molecular complexity index is 1110. The van der Waals surface area contributed by atoms with Crippen LogP contribution in [0.25, 0.3) is 0 Å². The molecule has 2 heterocycles. The highest BCUT2D eigenvalue weighted by molar-refractivity contribution is 6.03. The number of ether oxygens (including phenoxy) is 1. The molecule has 0 aromatic heterocycles. The van der Waals surface area contributed by atoms with Crippen LogP contribution in [0.5, 0.6) is 0 Å². The minimum atomic E-state index is -0.539. The van der Waals surface area contributed by atoms with Crippen LogP contribution in [-0.2, 0) is 9.53 Å². The maximum absolute atomic E-state index is 14.6. The summed E-state index contributed by atoms with van der Waals surface area (Å²) in [7, 11) is 0. The minimum Gasteiger partial charge on any atom is -0.379 e. The Morgan fingerprint density at radius 2 is 1.84 bits per heavy atom. The van der Waals surface area contributed by atoms with Gasteiger partial charge in [-0.2, -0.15) is 5.10 Å². The van der Waals surface area contributed by atoms with E-state index in [1.807, 2.05) is 6.92 Å². The van der Waals surface area contributed by atoms with Crippen LogP contribution >= 0.6 is 0 Å². The third kappa shape index (κ3) is 6.90. The number of nitrogens with zero attached hydrogens (tertiary/aromatic N) is 4. The van der Waals surface area contributed by atoms with Crippen LogP contribution in [-0.4, -0.2) is 84.9 Å². The van der Waals surface area contributed by atoms with Crippen LogP contribution < -0.4 is 5.32 Å². The summed E-state index contributed by atoms with van der Waals surface area (Å²) in [6.45, 7) is 6.07. The molecule has 0 bridgehead atoms. The van der Waals surface area contributed by atoms with Gasteiger partial charge in [0.05, 0.1) is 25.0 Å². The highest BCUT2D eigenvalue weighted by atomic mass is 19.1. The fraction of sp³-hybridized carbons (Fsp3) is 0.444. The SMILES string of the molecule is CCCNC(=O)N(CCN1CCOCC1)CC(=O)N1N=C(c2ccccc2F)CC1c1ccc(F)cc1. The van der Waals surface area contributed by atoms with Crippen molar-refractivity contribution in [2.75, 3.05) is 52.5 Å². The molecule has 0 aliphatic carbocycles. The standard InChI is InChI=1S/C27H33F2N5O3/c1-2-11-30-27(36)33(13-12-32-14-16-37-17-15-32)19-26(35)34-25(20-7-9-21(28)10-8-20)18-24(31-34)22-5-3-4-6-23(22)29/h3-10,25H,2,11-19H2,1H3,(H,30,36). The number of carbonyl (C=O) groups is 2. The number of carbonyl (C=O) groups excluding carboxylic acids is 2. The van der Waals surface area contributed by atoms with E-state index in [1.54, 1.807) is 30.3 Å². The first-order valence-electron chi connectivity index (χ1n) is 12.7. The molecule has 0 radical (unpaired) electrons. The average molecular weight is 514 g/mol. The molecule has 2 aromatic rings. The number of halogens is 2. The largest absolute Gasteiger partial charge is 0.379 e. The van der Waals surface area contributed by atoms with Crippen molar-refractivity contribution < 1.29 is 23.1 Å². The van der Waals surface area contributed by atoms with Crippen molar-refractivity contribution >= 4 is 17.6 Å². The van der Waals surface area contributed by atoms with Crippen molar-refractivity contribution in [2.24, 2.45) is 5.10 Å². The zero-order valence-electron chi connectivity index (χ0n) is 21.0. The van der Waals surface area contributed by atoms with Crippen molar-refractivity contribution in [3.63, 3.8) is 0 Å². The predicted octanol–water partition coefficient (Wildman–Crippen LogP) is 3.40. The second kappa shape index (κ2) is 12.7. The minimum absolute atomic E-state index is 0.189. The van der Waals surface area contributed by atoms with Crippen molar-refractivity contribution in [1.29, 1.82) is 0 Å². The molecule has 10 heteroatoms. The lowest BCUT2D eigenvalue weighted by molar-refractivity contribution is -0.133. The third-order valence-electron chi connectivity index (χ3n) is 6.53. The lowest BCUT2D eigenvalue weighted by atomic mass is 9.98. The molecule has 1 atom stereocenters. The van der Waals surface area contributed by atoms with Crippen molar-refractivity contribution in [2.45, 2.75) is 25.8 Å². The van der Waals surface area contributed by atoms with Crippen LogP contribution in [0.4, 0.5) is 13.6 Å². The molecule has 1 saturated heterocycles. The number of morpholine rings is 1. The molecule has 1 fully saturated rings. The maximum atomic E-state index is 14.6. The topological polar surface area (TPSA) is 77.5 Å². The van der Waals surface area contributed by atoms with Crippen LogP contribution in [0.1, 0.15) is 36.9 Å². The van der Waals surface area contributed by atoms with Gasteiger partial charge in [-0.15, -0.1) is 0 Å². The number of benzene rings is 2. The summed E-state index contributed by atoms with van der Waals surface area (Å²) >= 11 is 0. The quantitative estimate of drug-likeness (QED) is 0.558. The van der Waals surface area contributed by atoms with E-state index in [9.17, 15) is 18.4 Å². The first-order chi connectivity index (χ1) is 18.0. The second-order valence-corrected chi connectivity index (χ2v) is 9.14. The number of hydrogen-bond donors (Lipinski definition) is 1. The fourth-order valence-corrected chi connectivity index (χ4v) is 4.46. The Kier molecular flexibility index (Phi) is 9.19. The highest BCUT2D eigenvalue weighted by Gasteiger charge is 2.35. The van der Waals surface area contributed by atoms with E-state index >= 15 is 0 Å². The molecule has 37 heavy (non-hydrogen) atoms. The van der Waals surface area contributed by atoms with Gasteiger partial charge in [-0.3, -0.25) is 9.69 Å². The Morgan fingerprint density at radius 1 is 1.11 bits per heavy atom. The van der Waals surface area contributed by atoms with Crippen molar-refractivity contribution in [3.8, 4) is 0 Å². The normalized spacial score (nSPS) is 18.0. The third-order valence-corrected chi connectivity index (χ3v) is 6.53. The van der Waals surface area contributed by atoms with E-state index in [4.69, 9.17) is 4.74 Å². The molecule has 0 saturated carbocycles. The Balaban J connectivity index is 1.55. The zero-order chi connectivity index (χ0) is 26.2. The summed E-state index contributed by atoms with van der Waals surface area (Å²) in [5.41, 5.74) is 1.42. The van der Waals surface area contributed by atoms with Gasteiger partial charge in [0, 0.05) is 44.7 Å². The lowest BCUT2D eigenvalue weighted by Gasteiger charge is -2.31. The molecule has 1 unspecified atom stereocenters. The summed E-state index contributed by atoms with van der Waals surface area (Å²) in [6, 6.07) is 11.3. The molecule has 2 aliphatic heterocycles. The van der Waals surface area contributed by atoms with Gasteiger partial charge >= 0.3 is 6.03 Å². The number of hydrazone groups is 1. The molecule has 8 nitrogen and oxygen atoms in total. The highest BCUT2D eigenvalue weighted by Crippen LogP contribution is 2.33. The molecule has 2 aromatic carbocycles.